The summed E-state index contributed by atoms with van der Waals surface area (Å²) in [6.07, 6.45) is 5.79. The lowest BCUT2D eigenvalue weighted by atomic mass is 9.99. The summed E-state index contributed by atoms with van der Waals surface area (Å²) < 4.78 is 1.67. The minimum absolute atomic E-state index is 0.158. The molecule has 3 aromatic heterocycles. The predicted molar refractivity (Wildman–Crippen MR) is 93.3 cm³/mol. The van der Waals surface area contributed by atoms with Gasteiger partial charge in [-0.25, -0.2) is 14.6 Å². The number of amides is 1. The van der Waals surface area contributed by atoms with E-state index >= 15 is 0 Å². The number of carbonyl (C=O) groups is 1. The first kappa shape index (κ1) is 16.3. The number of thiazole rings is 1. The molecule has 0 bridgehead atoms. The lowest BCUT2D eigenvalue weighted by Gasteiger charge is -2.27. The summed E-state index contributed by atoms with van der Waals surface area (Å²) >= 11 is 1.54. The Morgan fingerprint density at radius 1 is 1.33 bits per heavy atom. The number of aromatic nitrogens is 4. The Hall–Kier alpha value is -2.54. The van der Waals surface area contributed by atoms with Gasteiger partial charge in [0.25, 0.3) is 5.91 Å². The van der Waals surface area contributed by atoms with Gasteiger partial charge in [-0.2, -0.15) is 5.10 Å². The fourth-order valence-electron chi connectivity index (χ4n) is 2.45. The molecule has 24 heavy (non-hydrogen) atoms. The third kappa shape index (κ3) is 2.94. The highest BCUT2D eigenvalue weighted by atomic mass is 32.1. The van der Waals surface area contributed by atoms with Crippen LogP contribution in [0.5, 0.6) is 0 Å². The van der Waals surface area contributed by atoms with Gasteiger partial charge in [0.2, 0.25) is 0 Å². The molecule has 3 aromatic rings. The highest BCUT2D eigenvalue weighted by Gasteiger charge is 2.30. The van der Waals surface area contributed by atoms with Crippen LogP contribution in [-0.4, -0.2) is 25.7 Å². The first-order valence-electron chi connectivity index (χ1n) is 7.73. The van der Waals surface area contributed by atoms with Gasteiger partial charge in [0.15, 0.2) is 5.82 Å². The first-order valence-corrected chi connectivity index (χ1v) is 8.61. The van der Waals surface area contributed by atoms with Crippen molar-refractivity contribution in [3.63, 3.8) is 0 Å². The second-order valence-corrected chi connectivity index (χ2v) is 6.62. The summed E-state index contributed by atoms with van der Waals surface area (Å²) in [6.45, 7) is 5.89. The summed E-state index contributed by atoms with van der Waals surface area (Å²) in [5.41, 5.74) is 0.797. The van der Waals surface area contributed by atoms with Crippen molar-refractivity contribution in [2.75, 3.05) is 0 Å². The number of nitrogens with zero attached hydrogens (tertiary/aromatic N) is 4. The number of hydrogen-bond acceptors (Lipinski definition) is 5. The van der Waals surface area contributed by atoms with Gasteiger partial charge in [0.05, 0.1) is 23.0 Å². The van der Waals surface area contributed by atoms with Crippen molar-refractivity contribution in [1.82, 2.24) is 25.1 Å². The zero-order valence-electron chi connectivity index (χ0n) is 13.9. The second kappa shape index (κ2) is 6.52. The Labute approximate surface area is 144 Å². The Morgan fingerprint density at radius 2 is 2.17 bits per heavy atom. The lowest BCUT2D eigenvalue weighted by molar-refractivity contribution is 0.0901. The maximum atomic E-state index is 12.8. The van der Waals surface area contributed by atoms with Crippen LogP contribution in [0.25, 0.3) is 5.82 Å². The molecule has 0 aromatic carbocycles. The van der Waals surface area contributed by atoms with Gasteiger partial charge in [-0.05, 0) is 32.4 Å². The standard InChI is InChI=1S/C17H19N5OS/c1-4-17(3,16-19-9-10-24-16)21-15(23)13-11-20-22(12(13)2)14-7-5-6-8-18-14/h5-11H,4H2,1-3H3,(H,21,23)/t17-/m0/s1. The predicted octanol–water partition coefficient (Wildman–Crippen LogP) is 3.09. The molecule has 0 unspecified atom stereocenters. The molecule has 0 spiro atoms. The molecule has 1 atom stereocenters. The van der Waals surface area contributed by atoms with Crippen LogP contribution in [0.3, 0.4) is 0 Å². The molecule has 6 nitrogen and oxygen atoms in total. The number of rotatable bonds is 5. The van der Waals surface area contributed by atoms with Gasteiger partial charge in [0.1, 0.15) is 5.01 Å². The third-order valence-electron chi connectivity index (χ3n) is 4.12. The molecule has 7 heteroatoms. The van der Waals surface area contributed by atoms with Gasteiger partial charge in [-0.3, -0.25) is 4.79 Å². The van der Waals surface area contributed by atoms with Crippen LogP contribution in [0.1, 0.15) is 41.3 Å². The van der Waals surface area contributed by atoms with E-state index in [1.54, 1.807) is 34.6 Å². The SMILES string of the molecule is CC[C@](C)(NC(=O)c1cnn(-c2ccccn2)c1C)c1nccs1. The van der Waals surface area contributed by atoms with E-state index in [1.807, 2.05) is 44.4 Å². The number of hydrogen-bond donors (Lipinski definition) is 1. The van der Waals surface area contributed by atoms with E-state index in [0.29, 0.717) is 11.4 Å². The second-order valence-electron chi connectivity index (χ2n) is 5.72. The molecule has 0 fully saturated rings. The summed E-state index contributed by atoms with van der Waals surface area (Å²) in [5, 5.41) is 10.2. The van der Waals surface area contributed by atoms with Crippen LogP contribution in [-0.2, 0) is 5.54 Å². The molecule has 124 valence electrons. The van der Waals surface area contributed by atoms with Crippen molar-refractivity contribution in [3.8, 4) is 5.82 Å². The minimum Gasteiger partial charge on any atom is -0.340 e. The van der Waals surface area contributed by atoms with Crippen LogP contribution >= 0.6 is 11.3 Å². The van der Waals surface area contributed by atoms with Crippen molar-refractivity contribution in [2.45, 2.75) is 32.7 Å². The molecule has 3 rings (SSSR count). The van der Waals surface area contributed by atoms with Crippen LogP contribution in [0.15, 0.2) is 42.2 Å². The molecule has 0 aliphatic heterocycles. The third-order valence-corrected chi connectivity index (χ3v) is 5.16. The number of carbonyl (C=O) groups excluding carboxylic acids is 1. The van der Waals surface area contributed by atoms with E-state index in [0.717, 1.165) is 17.1 Å². The normalized spacial score (nSPS) is 13.5. The number of pyridine rings is 1. The average molecular weight is 341 g/mol. The molecule has 1 amide bonds. The fraction of sp³-hybridized carbons (Fsp3) is 0.294. The maximum Gasteiger partial charge on any atom is 0.255 e. The Balaban J connectivity index is 1.87. The molecular formula is C17H19N5OS. The summed E-state index contributed by atoms with van der Waals surface area (Å²) in [4.78, 5) is 21.4. The quantitative estimate of drug-likeness (QED) is 0.774. The van der Waals surface area contributed by atoms with Crippen LogP contribution in [0.2, 0.25) is 0 Å². The van der Waals surface area contributed by atoms with Crippen molar-refractivity contribution < 1.29 is 4.79 Å². The van der Waals surface area contributed by atoms with Crippen molar-refractivity contribution in [2.24, 2.45) is 0 Å². The molecule has 0 aliphatic rings. The van der Waals surface area contributed by atoms with Gasteiger partial charge in [-0.1, -0.05) is 13.0 Å². The highest BCUT2D eigenvalue weighted by molar-refractivity contribution is 7.09. The largest absolute Gasteiger partial charge is 0.340 e. The molecule has 0 saturated heterocycles. The van der Waals surface area contributed by atoms with Gasteiger partial charge in [0, 0.05) is 17.8 Å². The van der Waals surface area contributed by atoms with E-state index in [1.165, 1.54) is 0 Å². The van der Waals surface area contributed by atoms with E-state index < -0.39 is 5.54 Å². The summed E-state index contributed by atoms with van der Waals surface area (Å²) in [7, 11) is 0. The molecular weight excluding hydrogens is 322 g/mol. The number of nitrogens with one attached hydrogen (secondary N) is 1. The van der Waals surface area contributed by atoms with Crippen LogP contribution < -0.4 is 5.32 Å². The smallest absolute Gasteiger partial charge is 0.255 e. The fourth-order valence-corrected chi connectivity index (χ4v) is 3.28. The monoisotopic (exact) mass is 341 g/mol. The van der Waals surface area contributed by atoms with Crippen molar-refractivity contribution in [3.05, 3.63) is 58.4 Å². The van der Waals surface area contributed by atoms with Crippen LogP contribution in [0, 0.1) is 6.92 Å². The summed E-state index contributed by atoms with van der Waals surface area (Å²) in [5.74, 6) is 0.529. The topological polar surface area (TPSA) is 72.7 Å². The van der Waals surface area contributed by atoms with Crippen molar-refractivity contribution >= 4 is 17.2 Å². The molecule has 0 radical (unpaired) electrons. The molecule has 0 saturated carbocycles. The van der Waals surface area contributed by atoms with E-state index in [4.69, 9.17) is 0 Å². The highest BCUT2D eigenvalue weighted by Crippen LogP contribution is 2.27. The zero-order chi connectivity index (χ0) is 17.2. The Bertz CT molecular complexity index is 828. The minimum atomic E-state index is -0.495. The molecule has 1 N–H and O–H groups in total. The summed E-state index contributed by atoms with van der Waals surface area (Å²) in [6, 6.07) is 5.59. The van der Waals surface area contributed by atoms with Gasteiger partial charge < -0.3 is 5.32 Å². The zero-order valence-corrected chi connectivity index (χ0v) is 14.7. The van der Waals surface area contributed by atoms with E-state index in [2.05, 4.69) is 20.4 Å². The lowest BCUT2D eigenvalue weighted by Crippen LogP contribution is -2.43. The Morgan fingerprint density at radius 3 is 2.79 bits per heavy atom. The Kier molecular flexibility index (Phi) is 4.44. The van der Waals surface area contributed by atoms with E-state index in [9.17, 15) is 4.79 Å². The van der Waals surface area contributed by atoms with E-state index in [-0.39, 0.29) is 5.91 Å². The van der Waals surface area contributed by atoms with Gasteiger partial charge in [-0.15, -0.1) is 11.3 Å². The maximum absolute atomic E-state index is 12.8. The molecule has 0 aliphatic carbocycles. The first-order chi connectivity index (χ1) is 11.5. The van der Waals surface area contributed by atoms with Crippen molar-refractivity contribution in [1.29, 1.82) is 0 Å². The average Bonchev–Trinajstić information content (AvgIpc) is 3.25. The van der Waals surface area contributed by atoms with Gasteiger partial charge >= 0.3 is 0 Å². The van der Waals surface area contributed by atoms with Crippen LogP contribution in [0.4, 0.5) is 0 Å². The molecule has 3 heterocycles.